The van der Waals surface area contributed by atoms with Crippen molar-refractivity contribution in [2.75, 3.05) is 23.9 Å². The van der Waals surface area contributed by atoms with E-state index in [0.717, 1.165) is 5.56 Å². The highest BCUT2D eigenvalue weighted by Gasteiger charge is 2.21. The molecule has 2 aromatic rings. The highest BCUT2D eigenvalue weighted by Crippen LogP contribution is 2.33. The molecule has 0 unspecified atom stereocenters. The van der Waals surface area contributed by atoms with Crippen LogP contribution >= 0.6 is 11.6 Å². The molecule has 0 aliphatic heterocycles. The van der Waals surface area contributed by atoms with Crippen molar-refractivity contribution in [3.8, 4) is 5.75 Å². The number of nitrogens with zero attached hydrogens (tertiary/aromatic N) is 1. The van der Waals surface area contributed by atoms with Gasteiger partial charge < -0.3 is 10.1 Å². The van der Waals surface area contributed by atoms with Crippen LogP contribution in [-0.2, 0) is 9.59 Å². The first-order chi connectivity index (χ1) is 11.8. The molecule has 0 heterocycles. The Morgan fingerprint density at radius 2 is 2.00 bits per heavy atom. The van der Waals surface area contributed by atoms with Gasteiger partial charge in [0.2, 0.25) is 11.8 Å². The van der Waals surface area contributed by atoms with Crippen LogP contribution in [-0.4, -0.2) is 25.5 Å². The second-order valence-corrected chi connectivity index (χ2v) is 5.84. The summed E-state index contributed by atoms with van der Waals surface area (Å²) in [4.78, 5) is 25.6. The fraction of sp³-hybridized carbons (Fsp3) is 0.222. The first-order valence-corrected chi connectivity index (χ1v) is 7.87. The summed E-state index contributed by atoms with van der Waals surface area (Å²) in [6, 6.07) is 8.79. The van der Waals surface area contributed by atoms with Crippen LogP contribution in [0.4, 0.5) is 15.8 Å². The Labute approximate surface area is 150 Å². The smallest absolute Gasteiger partial charge is 0.244 e. The van der Waals surface area contributed by atoms with Crippen molar-refractivity contribution >= 4 is 34.8 Å². The van der Waals surface area contributed by atoms with Crippen molar-refractivity contribution in [3.05, 3.63) is 52.8 Å². The molecule has 0 saturated carbocycles. The lowest BCUT2D eigenvalue weighted by Gasteiger charge is -2.23. The molecule has 2 aromatic carbocycles. The number of methoxy groups -OCH3 is 1. The third kappa shape index (κ3) is 4.70. The minimum atomic E-state index is -0.463. The molecule has 132 valence electrons. The van der Waals surface area contributed by atoms with Gasteiger partial charge in [-0.1, -0.05) is 17.7 Å². The minimum Gasteiger partial charge on any atom is -0.495 e. The summed E-state index contributed by atoms with van der Waals surface area (Å²) in [6.45, 7) is 2.89. The fourth-order valence-corrected chi connectivity index (χ4v) is 2.45. The second-order valence-electron chi connectivity index (χ2n) is 5.44. The Balaban J connectivity index is 2.26. The van der Waals surface area contributed by atoms with Crippen LogP contribution in [0.25, 0.3) is 0 Å². The topological polar surface area (TPSA) is 58.6 Å². The molecule has 0 saturated heterocycles. The molecular weight excluding hydrogens is 347 g/mol. The number of rotatable bonds is 5. The van der Waals surface area contributed by atoms with E-state index in [2.05, 4.69) is 5.32 Å². The summed E-state index contributed by atoms with van der Waals surface area (Å²) >= 11 is 6.08. The molecule has 0 aliphatic carbocycles. The van der Waals surface area contributed by atoms with Crippen molar-refractivity contribution in [2.24, 2.45) is 0 Å². The molecular formula is C18H18ClFN2O3. The maximum absolute atomic E-state index is 13.2. The van der Waals surface area contributed by atoms with Crippen molar-refractivity contribution < 1.29 is 18.7 Å². The molecule has 25 heavy (non-hydrogen) atoms. The molecule has 0 aliphatic rings. The lowest BCUT2D eigenvalue weighted by molar-refractivity contribution is -0.120. The molecule has 0 bridgehead atoms. The average molecular weight is 365 g/mol. The van der Waals surface area contributed by atoms with Gasteiger partial charge in [-0.2, -0.15) is 0 Å². The monoisotopic (exact) mass is 364 g/mol. The molecule has 2 rings (SSSR count). The third-order valence-corrected chi connectivity index (χ3v) is 3.95. The van der Waals surface area contributed by atoms with E-state index < -0.39 is 11.7 Å². The molecule has 1 N–H and O–H groups in total. The van der Waals surface area contributed by atoms with Gasteiger partial charge in [0.1, 0.15) is 18.1 Å². The lowest BCUT2D eigenvalue weighted by Crippen LogP contribution is -2.37. The molecule has 0 atom stereocenters. The summed E-state index contributed by atoms with van der Waals surface area (Å²) < 4.78 is 18.5. The van der Waals surface area contributed by atoms with Crippen LogP contribution in [0.1, 0.15) is 12.5 Å². The number of ether oxygens (including phenoxy) is 1. The van der Waals surface area contributed by atoms with Gasteiger partial charge in [0.15, 0.2) is 0 Å². The summed E-state index contributed by atoms with van der Waals surface area (Å²) in [5.74, 6) is -0.884. The maximum Gasteiger partial charge on any atom is 0.244 e. The Morgan fingerprint density at radius 3 is 2.60 bits per heavy atom. The van der Waals surface area contributed by atoms with Crippen LogP contribution in [0.3, 0.4) is 0 Å². The summed E-state index contributed by atoms with van der Waals surface area (Å²) in [7, 11) is 1.45. The van der Waals surface area contributed by atoms with Gasteiger partial charge >= 0.3 is 0 Å². The number of carbonyl (C=O) groups is 2. The molecule has 2 amide bonds. The van der Waals surface area contributed by atoms with Crippen molar-refractivity contribution in [2.45, 2.75) is 13.8 Å². The molecule has 0 radical (unpaired) electrons. The van der Waals surface area contributed by atoms with E-state index in [-0.39, 0.29) is 12.5 Å². The summed E-state index contributed by atoms with van der Waals surface area (Å²) in [5, 5.41) is 3.06. The number of aryl methyl sites for hydroxylation is 1. The van der Waals surface area contributed by atoms with E-state index in [9.17, 15) is 14.0 Å². The van der Waals surface area contributed by atoms with Gasteiger partial charge in [-0.3, -0.25) is 14.5 Å². The highest BCUT2D eigenvalue weighted by atomic mass is 35.5. The molecule has 0 spiro atoms. The molecule has 7 heteroatoms. The first kappa shape index (κ1) is 18.7. The summed E-state index contributed by atoms with van der Waals surface area (Å²) in [6.07, 6.45) is 0. The predicted octanol–water partition coefficient (Wildman–Crippen LogP) is 3.79. The average Bonchev–Trinajstić information content (AvgIpc) is 2.54. The minimum absolute atomic E-state index is 0.247. The molecule has 5 nitrogen and oxygen atoms in total. The Kier molecular flexibility index (Phi) is 5.98. The Bertz CT molecular complexity index is 811. The van der Waals surface area contributed by atoms with Crippen molar-refractivity contribution in [1.29, 1.82) is 0 Å². The van der Waals surface area contributed by atoms with Crippen molar-refractivity contribution in [3.63, 3.8) is 0 Å². The van der Waals surface area contributed by atoms with Crippen LogP contribution in [0, 0.1) is 12.7 Å². The third-order valence-electron chi connectivity index (χ3n) is 3.54. The van der Waals surface area contributed by atoms with Crippen LogP contribution in [0.2, 0.25) is 5.02 Å². The van der Waals surface area contributed by atoms with E-state index in [0.29, 0.717) is 22.1 Å². The lowest BCUT2D eigenvalue weighted by atomic mass is 10.2. The van der Waals surface area contributed by atoms with E-state index in [1.807, 2.05) is 0 Å². The zero-order valence-corrected chi connectivity index (χ0v) is 14.9. The second kappa shape index (κ2) is 7.98. The quantitative estimate of drug-likeness (QED) is 0.878. The number of benzene rings is 2. The predicted molar refractivity (Wildman–Crippen MR) is 95.8 cm³/mol. The molecule has 0 fully saturated rings. The van der Waals surface area contributed by atoms with E-state index in [4.69, 9.17) is 16.3 Å². The number of anilines is 2. The van der Waals surface area contributed by atoms with Gasteiger partial charge in [0.25, 0.3) is 0 Å². The summed E-state index contributed by atoms with van der Waals surface area (Å²) in [5.41, 5.74) is 1.49. The normalized spacial score (nSPS) is 10.3. The van der Waals surface area contributed by atoms with Crippen molar-refractivity contribution in [1.82, 2.24) is 0 Å². The zero-order chi connectivity index (χ0) is 18.6. The van der Waals surface area contributed by atoms with Crippen LogP contribution < -0.4 is 15.0 Å². The largest absolute Gasteiger partial charge is 0.495 e. The van der Waals surface area contributed by atoms with E-state index >= 15 is 0 Å². The zero-order valence-electron chi connectivity index (χ0n) is 14.1. The standard InChI is InChI=1S/C18H18ClFN2O3/c1-11-7-16(17(25-3)9-15(11)19)22(12(2)23)10-18(24)21-14-6-4-5-13(20)8-14/h4-9H,10H2,1-3H3,(H,21,24). The number of carbonyl (C=O) groups excluding carboxylic acids is 2. The Hall–Kier alpha value is -2.60. The number of hydrogen-bond acceptors (Lipinski definition) is 3. The van der Waals surface area contributed by atoms with E-state index in [1.165, 1.54) is 37.1 Å². The van der Waals surface area contributed by atoms with Gasteiger partial charge in [0, 0.05) is 23.7 Å². The SMILES string of the molecule is COc1cc(Cl)c(C)cc1N(CC(=O)Nc1cccc(F)c1)C(C)=O. The highest BCUT2D eigenvalue weighted by molar-refractivity contribution is 6.31. The van der Waals surface area contributed by atoms with Crippen LogP contribution in [0.5, 0.6) is 5.75 Å². The number of halogens is 2. The van der Waals surface area contributed by atoms with E-state index in [1.54, 1.807) is 25.1 Å². The van der Waals surface area contributed by atoms with Gasteiger partial charge in [0.05, 0.1) is 12.8 Å². The molecule has 0 aromatic heterocycles. The van der Waals surface area contributed by atoms with Gasteiger partial charge in [-0.05, 0) is 36.8 Å². The number of nitrogens with one attached hydrogen (secondary N) is 1. The van der Waals surface area contributed by atoms with Gasteiger partial charge in [-0.25, -0.2) is 4.39 Å². The van der Waals surface area contributed by atoms with Crippen LogP contribution in [0.15, 0.2) is 36.4 Å². The number of hydrogen-bond donors (Lipinski definition) is 1. The number of amides is 2. The maximum atomic E-state index is 13.2. The Morgan fingerprint density at radius 1 is 1.28 bits per heavy atom. The first-order valence-electron chi connectivity index (χ1n) is 7.49. The fourth-order valence-electron chi connectivity index (χ4n) is 2.30. The van der Waals surface area contributed by atoms with Gasteiger partial charge in [-0.15, -0.1) is 0 Å².